The van der Waals surface area contributed by atoms with E-state index in [1.165, 1.54) is 0 Å². The lowest BCUT2D eigenvalue weighted by Crippen LogP contribution is -2.28. The molecule has 6 nitrogen and oxygen atoms in total. The topological polar surface area (TPSA) is 73.1 Å². The van der Waals surface area contributed by atoms with E-state index in [4.69, 9.17) is 4.74 Å². The van der Waals surface area contributed by atoms with E-state index in [0.717, 1.165) is 22.7 Å². The Morgan fingerprint density at radius 3 is 2.68 bits per heavy atom. The number of aromatic nitrogens is 4. The molecule has 2 rings (SSSR count). The number of aliphatic hydroxyl groups excluding tert-OH is 1. The van der Waals surface area contributed by atoms with Crippen molar-refractivity contribution in [1.29, 1.82) is 0 Å². The second-order valence-electron chi connectivity index (χ2n) is 6.67. The van der Waals surface area contributed by atoms with Gasteiger partial charge in [-0.15, -0.1) is 5.10 Å². The quantitative estimate of drug-likeness (QED) is 0.915. The van der Waals surface area contributed by atoms with Crippen LogP contribution in [0.5, 0.6) is 5.75 Å². The molecule has 0 fully saturated rings. The van der Waals surface area contributed by atoms with Gasteiger partial charge in [0.15, 0.2) is 5.82 Å². The van der Waals surface area contributed by atoms with E-state index in [9.17, 15) is 5.11 Å². The number of rotatable bonds is 5. The van der Waals surface area contributed by atoms with Crippen LogP contribution in [-0.4, -0.2) is 38.0 Å². The molecule has 1 atom stereocenters. The molecule has 120 valence electrons. The lowest BCUT2D eigenvalue weighted by atomic mass is 9.96. The Bertz CT molecular complexity index is 631. The van der Waals surface area contributed by atoms with E-state index in [-0.39, 0.29) is 12.0 Å². The number of hydrogen-bond acceptors (Lipinski definition) is 5. The van der Waals surface area contributed by atoms with Gasteiger partial charge in [-0.3, -0.25) is 0 Å². The third kappa shape index (κ3) is 4.04. The summed E-state index contributed by atoms with van der Waals surface area (Å²) < 4.78 is 7.36. The van der Waals surface area contributed by atoms with E-state index in [2.05, 4.69) is 15.5 Å². The fourth-order valence-corrected chi connectivity index (χ4v) is 2.17. The molecule has 0 aliphatic heterocycles. The lowest BCUT2D eigenvalue weighted by Gasteiger charge is -2.19. The van der Waals surface area contributed by atoms with Crippen LogP contribution in [0.25, 0.3) is 0 Å². The van der Waals surface area contributed by atoms with Crippen LogP contribution in [0.4, 0.5) is 0 Å². The highest BCUT2D eigenvalue weighted by Gasteiger charge is 2.23. The number of tetrazole rings is 1. The van der Waals surface area contributed by atoms with Crippen molar-refractivity contribution in [1.82, 2.24) is 20.2 Å². The maximum atomic E-state index is 10.2. The van der Waals surface area contributed by atoms with Crippen molar-refractivity contribution in [2.75, 3.05) is 6.61 Å². The summed E-state index contributed by atoms with van der Waals surface area (Å²) >= 11 is 0. The standard InChI is InChI=1S/C16H24N4O2/c1-11-6-7-12(2)14(8-11)22-10-13(21)9-20-15(16(3,4)5)17-18-19-20/h6-8,13,21H,9-10H2,1-5H3. The van der Waals surface area contributed by atoms with Gasteiger partial charge < -0.3 is 9.84 Å². The third-order valence-electron chi connectivity index (χ3n) is 3.36. The summed E-state index contributed by atoms with van der Waals surface area (Å²) in [5.74, 6) is 1.55. The summed E-state index contributed by atoms with van der Waals surface area (Å²) in [5, 5.41) is 21.9. The van der Waals surface area contributed by atoms with Crippen molar-refractivity contribution in [3.8, 4) is 5.75 Å². The molecule has 1 aromatic carbocycles. The Balaban J connectivity index is 1.98. The zero-order chi connectivity index (χ0) is 16.3. The van der Waals surface area contributed by atoms with Crippen LogP contribution in [0.15, 0.2) is 18.2 Å². The first kappa shape index (κ1) is 16.4. The van der Waals surface area contributed by atoms with Gasteiger partial charge in [0.25, 0.3) is 0 Å². The van der Waals surface area contributed by atoms with Crippen LogP contribution in [0.1, 0.15) is 37.7 Å². The van der Waals surface area contributed by atoms with Gasteiger partial charge in [0.2, 0.25) is 0 Å². The molecule has 0 amide bonds. The molecule has 0 saturated carbocycles. The first-order chi connectivity index (χ1) is 10.3. The third-order valence-corrected chi connectivity index (χ3v) is 3.36. The van der Waals surface area contributed by atoms with Crippen LogP contribution in [0.2, 0.25) is 0 Å². The molecule has 1 heterocycles. The molecule has 0 aliphatic carbocycles. The van der Waals surface area contributed by atoms with Crippen molar-refractivity contribution >= 4 is 0 Å². The minimum Gasteiger partial charge on any atom is -0.491 e. The van der Waals surface area contributed by atoms with Crippen LogP contribution < -0.4 is 4.74 Å². The van der Waals surface area contributed by atoms with Crippen LogP contribution >= 0.6 is 0 Å². The molecule has 2 aromatic rings. The van der Waals surface area contributed by atoms with Gasteiger partial charge >= 0.3 is 0 Å². The van der Waals surface area contributed by atoms with Gasteiger partial charge in [-0.25, -0.2) is 4.68 Å². The fraction of sp³-hybridized carbons (Fsp3) is 0.562. The number of benzene rings is 1. The molecule has 1 unspecified atom stereocenters. The lowest BCUT2D eigenvalue weighted by molar-refractivity contribution is 0.0868. The molecule has 0 radical (unpaired) electrons. The average molecular weight is 304 g/mol. The molecular weight excluding hydrogens is 280 g/mol. The number of nitrogens with zero attached hydrogens (tertiary/aromatic N) is 4. The molecule has 0 spiro atoms. The molecule has 0 bridgehead atoms. The SMILES string of the molecule is Cc1ccc(C)c(OCC(O)Cn2nnnc2C(C)(C)C)c1. The van der Waals surface area contributed by atoms with Crippen molar-refractivity contribution in [2.24, 2.45) is 0 Å². The maximum Gasteiger partial charge on any atom is 0.156 e. The highest BCUT2D eigenvalue weighted by Crippen LogP contribution is 2.20. The molecular formula is C16H24N4O2. The molecule has 6 heteroatoms. The summed E-state index contributed by atoms with van der Waals surface area (Å²) in [7, 11) is 0. The van der Waals surface area contributed by atoms with Crippen molar-refractivity contribution < 1.29 is 9.84 Å². The Hall–Kier alpha value is -1.95. The fourth-order valence-electron chi connectivity index (χ4n) is 2.17. The second kappa shape index (κ2) is 6.44. The molecule has 0 saturated heterocycles. The van der Waals surface area contributed by atoms with Crippen LogP contribution in [0.3, 0.4) is 0 Å². The normalized spacial score (nSPS) is 13.2. The van der Waals surface area contributed by atoms with Gasteiger partial charge in [0.1, 0.15) is 18.5 Å². The Kier molecular flexibility index (Phi) is 4.81. The largest absolute Gasteiger partial charge is 0.491 e. The van der Waals surface area contributed by atoms with Gasteiger partial charge in [-0.05, 0) is 41.5 Å². The predicted octanol–water partition coefficient (Wildman–Crippen LogP) is 2.03. The van der Waals surface area contributed by atoms with Gasteiger partial charge in [0.05, 0.1) is 6.54 Å². The summed E-state index contributed by atoms with van der Waals surface area (Å²) in [6.07, 6.45) is -0.676. The number of aryl methyl sites for hydroxylation is 2. The number of aliphatic hydroxyl groups is 1. The van der Waals surface area contributed by atoms with E-state index in [1.54, 1.807) is 4.68 Å². The van der Waals surface area contributed by atoms with Gasteiger partial charge in [-0.1, -0.05) is 32.9 Å². The zero-order valence-corrected chi connectivity index (χ0v) is 13.9. The zero-order valence-electron chi connectivity index (χ0n) is 13.9. The van der Waals surface area contributed by atoms with Crippen molar-refractivity contribution in [3.05, 3.63) is 35.2 Å². The minimum atomic E-state index is -0.676. The predicted molar refractivity (Wildman–Crippen MR) is 83.9 cm³/mol. The van der Waals surface area contributed by atoms with E-state index < -0.39 is 6.10 Å². The molecule has 0 aliphatic rings. The Labute approximate surface area is 131 Å². The van der Waals surface area contributed by atoms with E-state index >= 15 is 0 Å². The summed E-state index contributed by atoms with van der Waals surface area (Å²) in [6, 6.07) is 6.02. The second-order valence-corrected chi connectivity index (χ2v) is 6.67. The molecule has 1 N–H and O–H groups in total. The highest BCUT2D eigenvalue weighted by atomic mass is 16.5. The van der Waals surface area contributed by atoms with Gasteiger partial charge in [0, 0.05) is 5.41 Å². The van der Waals surface area contributed by atoms with Gasteiger partial charge in [-0.2, -0.15) is 0 Å². The minimum absolute atomic E-state index is 0.169. The monoisotopic (exact) mass is 304 g/mol. The first-order valence-electron chi connectivity index (χ1n) is 7.42. The Morgan fingerprint density at radius 2 is 2.00 bits per heavy atom. The smallest absolute Gasteiger partial charge is 0.156 e. The molecule has 22 heavy (non-hydrogen) atoms. The summed E-state index contributed by atoms with van der Waals surface area (Å²) in [4.78, 5) is 0. The average Bonchev–Trinajstić information content (AvgIpc) is 2.88. The van der Waals surface area contributed by atoms with Crippen LogP contribution in [0, 0.1) is 13.8 Å². The van der Waals surface area contributed by atoms with Crippen molar-refractivity contribution in [2.45, 2.75) is 52.7 Å². The highest BCUT2D eigenvalue weighted by molar-refractivity contribution is 5.35. The summed E-state index contributed by atoms with van der Waals surface area (Å²) in [5.41, 5.74) is 2.01. The van der Waals surface area contributed by atoms with E-state index in [0.29, 0.717) is 6.54 Å². The first-order valence-corrected chi connectivity index (χ1v) is 7.42. The summed E-state index contributed by atoms with van der Waals surface area (Å²) in [6.45, 7) is 10.6. The number of ether oxygens (including phenoxy) is 1. The Morgan fingerprint density at radius 1 is 1.27 bits per heavy atom. The molecule has 1 aromatic heterocycles. The number of hydrogen-bond donors (Lipinski definition) is 1. The van der Waals surface area contributed by atoms with Crippen LogP contribution in [-0.2, 0) is 12.0 Å². The van der Waals surface area contributed by atoms with E-state index in [1.807, 2.05) is 52.8 Å². The van der Waals surface area contributed by atoms with Crippen molar-refractivity contribution in [3.63, 3.8) is 0 Å². The maximum absolute atomic E-state index is 10.2.